The molecule has 1 saturated carbocycles. The van der Waals surface area contributed by atoms with Crippen molar-refractivity contribution in [2.24, 2.45) is 11.8 Å². The molecular formula is C13H25N. The molecule has 0 spiro atoms. The first-order valence-corrected chi connectivity index (χ1v) is 6.00. The van der Waals surface area contributed by atoms with Crippen molar-refractivity contribution in [2.45, 2.75) is 58.5 Å². The van der Waals surface area contributed by atoms with E-state index in [4.69, 9.17) is 0 Å². The Morgan fingerprint density at radius 1 is 1.43 bits per heavy atom. The van der Waals surface area contributed by atoms with Gasteiger partial charge in [-0.2, -0.15) is 0 Å². The lowest BCUT2D eigenvalue weighted by Crippen LogP contribution is -2.43. The minimum atomic E-state index is 0.591. The Bertz CT molecular complexity index is 176. The lowest BCUT2D eigenvalue weighted by molar-refractivity contribution is 0.216. The molecule has 0 aromatic rings. The van der Waals surface area contributed by atoms with Crippen LogP contribution in [0.15, 0.2) is 12.7 Å². The van der Waals surface area contributed by atoms with E-state index < -0.39 is 0 Å². The second-order valence-corrected chi connectivity index (χ2v) is 5.09. The van der Waals surface area contributed by atoms with Crippen LogP contribution in [0.2, 0.25) is 0 Å². The fourth-order valence-electron chi connectivity index (χ4n) is 2.60. The summed E-state index contributed by atoms with van der Waals surface area (Å²) in [6.45, 7) is 10.8. The third-order valence-electron chi connectivity index (χ3n) is 3.45. The third-order valence-corrected chi connectivity index (χ3v) is 3.45. The minimum Gasteiger partial charge on any atom is -0.311 e. The topological polar surface area (TPSA) is 12.0 Å². The van der Waals surface area contributed by atoms with Crippen LogP contribution in [0.4, 0.5) is 0 Å². The Morgan fingerprint density at radius 2 is 2.14 bits per heavy atom. The van der Waals surface area contributed by atoms with Crippen LogP contribution in [0.25, 0.3) is 0 Å². The van der Waals surface area contributed by atoms with Gasteiger partial charge in [-0.25, -0.2) is 0 Å². The molecule has 0 amide bonds. The van der Waals surface area contributed by atoms with Gasteiger partial charge in [-0.15, -0.1) is 6.58 Å². The van der Waals surface area contributed by atoms with E-state index >= 15 is 0 Å². The molecule has 1 rings (SSSR count). The molecule has 82 valence electrons. The second-order valence-electron chi connectivity index (χ2n) is 5.09. The SMILES string of the molecule is C=CCC(C)NC1CCC(C)CC1C. The third kappa shape index (κ3) is 3.45. The zero-order valence-electron chi connectivity index (χ0n) is 9.92. The Labute approximate surface area is 89.0 Å². The molecule has 0 saturated heterocycles. The van der Waals surface area contributed by atoms with Crippen molar-refractivity contribution in [3.8, 4) is 0 Å². The van der Waals surface area contributed by atoms with E-state index in [1.165, 1.54) is 19.3 Å². The maximum absolute atomic E-state index is 3.78. The monoisotopic (exact) mass is 195 g/mol. The standard InChI is InChI=1S/C13H25N/c1-5-6-12(4)14-13-8-7-10(2)9-11(13)3/h5,10-14H,1,6-9H2,2-4H3. The summed E-state index contributed by atoms with van der Waals surface area (Å²) in [6, 6.07) is 1.33. The summed E-state index contributed by atoms with van der Waals surface area (Å²) < 4.78 is 0. The highest BCUT2D eigenvalue weighted by Gasteiger charge is 2.25. The van der Waals surface area contributed by atoms with Gasteiger partial charge in [0, 0.05) is 12.1 Å². The maximum Gasteiger partial charge on any atom is 0.00954 e. The summed E-state index contributed by atoms with van der Waals surface area (Å²) in [5.74, 6) is 1.77. The van der Waals surface area contributed by atoms with E-state index in [0.717, 1.165) is 24.3 Å². The van der Waals surface area contributed by atoms with Crippen LogP contribution in [0, 0.1) is 11.8 Å². The van der Waals surface area contributed by atoms with E-state index in [1.54, 1.807) is 0 Å². The molecule has 1 N–H and O–H groups in total. The summed E-state index contributed by atoms with van der Waals surface area (Å²) in [6.07, 6.45) is 7.22. The fraction of sp³-hybridized carbons (Fsp3) is 0.846. The molecule has 1 fully saturated rings. The lowest BCUT2D eigenvalue weighted by Gasteiger charge is -2.35. The zero-order chi connectivity index (χ0) is 10.6. The van der Waals surface area contributed by atoms with E-state index in [2.05, 4.69) is 32.7 Å². The predicted molar refractivity (Wildman–Crippen MR) is 63.4 cm³/mol. The molecule has 1 nitrogen and oxygen atoms in total. The van der Waals surface area contributed by atoms with Crippen LogP contribution < -0.4 is 5.32 Å². The molecule has 4 atom stereocenters. The van der Waals surface area contributed by atoms with Crippen molar-refractivity contribution in [1.82, 2.24) is 5.32 Å². The Morgan fingerprint density at radius 3 is 2.71 bits per heavy atom. The molecule has 0 bridgehead atoms. The summed E-state index contributed by atoms with van der Waals surface area (Å²) >= 11 is 0. The van der Waals surface area contributed by atoms with Gasteiger partial charge in [-0.05, 0) is 44.4 Å². The van der Waals surface area contributed by atoms with E-state index in [-0.39, 0.29) is 0 Å². The highest BCUT2D eigenvalue weighted by Crippen LogP contribution is 2.28. The largest absolute Gasteiger partial charge is 0.311 e. The average Bonchev–Trinajstić information content (AvgIpc) is 2.10. The van der Waals surface area contributed by atoms with Crippen LogP contribution in [0.3, 0.4) is 0 Å². The normalized spacial score (nSPS) is 35.2. The first-order chi connectivity index (χ1) is 6.63. The lowest BCUT2D eigenvalue weighted by atomic mass is 9.79. The van der Waals surface area contributed by atoms with Gasteiger partial charge in [0.2, 0.25) is 0 Å². The molecule has 1 aliphatic carbocycles. The summed E-state index contributed by atoms with van der Waals surface area (Å²) in [7, 11) is 0. The van der Waals surface area contributed by atoms with Crippen molar-refractivity contribution < 1.29 is 0 Å². The van der Waals surface area contributed by atoms with Crippen LogP contribution in [-0.2, 0) is 0 Å². The maximum atomic E-state index is 3.78. The Balaban J connectivity index is 2.33. The molecule has 14 heavy (non-hydrogen) atoms. The molecule has 1 heteroatoms. The van der Waals surface area contributed by atoms with E-state index in [1.807, 2.05) is 6.08 Å². The van der Waals surface area contributed by atoms with Crippen LogP contribution in [-0.4, -0.2) is 12.1 Å². The van der Waals surface area contributed by atoms with E-state index in [0.29, 0.717) is 6.04 Å². The van der Waals surface area contributed by atoms with Gasteiger partial charge in [0.25, 0.3) is 0 Å². The van der Waals surface area contributed by atoms with Gasteiger partial charge in [0.15, 0.2) is 0 Å². The number of rotatable bonds is 4. The summed E-state index contributed by atoms with van der Waals surface area (Å²) in [4.78, 5) is 0. The highest BCUT2D eigenvalue weighted by molar-refractivity contribution is 4.84. The van der Waals surface area contributed by atoms with E-state index in [9.17, 15) is 0 Å². The smallest absolute Gasteiger partial charge is 0.00954 e. The molecule has 0 heterocycles. The molecule has 0 aromatic heterocycles. The first-order valence-electron chi connectivity index (χ1n) is 6.00. The zero-order valence-corrected chi connectivity index (χ0v) is 9.92. The second kappa shape index (κ2) is 5.55. The first kappa shape index (κ1) is 11.8. The van der Waals surface area contributed by atoms with Gasteiger partial charge in [0.1, 0.15) is 0 Å². The van der Waals surface area contributed by atoms with Crippen molar-refractivity contribution in [3.05, 3.63) is 12.7 Å². The number of hydrogen-bond donors (Lipinski definition) is 1. The Kier molecular flexibility index (Phi) is 4.67. The summed E-state index contributed by atoms with van der Waals surface area (Å²) in [5, 5.41) is 3.72. The number of nitrogens with one attached hydrogen (secondary N) is 1. The molecule has 0 aromatic carbocycles. The molecule has 1 aliphatic rings. The minimum absolute atomic E-state index is 0.591. The van der Waals surface area contributed by atoms with Crippen LogP contribution >= 0.6 is 0 Å². The fourth-order valence-corrected chi connectivity index (χ4v) is 2.60. The van der Waals surface area contributed by atoms with Gasteiger partial charge >= 0.3 is 0 Å². The van der Waals surface area contributed by atoms with Crippen LogP contribution in [0.5, 0.6) is 0 Å². The molecule has 0 radical (unpaired) electrons. The van der Waals surface area contributed by atoms with Gasteiger partial charge in [-0.1, -0.05) is 19.9 Å². The quantitative estimate of drug-likeness (QED) is 0.678. The van der Waals surface area contributed by atoms with Gasteiger partial charge in [0.05, 0.1) is 0 Å². The molecular weight excluding hydrogens is 170 g/mol. The van der Waals surface area contributed by atoms with Gasteiger partial charge < -0.3 is 5.32 Å². The van der Waals surface area contributed by atoms with Crippen molar-refractivity contribution >= 4 is 0 Å². The van der Waals surface area contributed by atoms with Gasteiger partial charge in [-0.3, -0.25) is 0 Å². The molecule has 0 aliphatic heterocycles. The summed E-state index contributed by atoms with van der Waals surface area (Å²) in [5.41, 5.74) is 0. The molecule has 4 unspecified atom stereocenters. The Hall–Kier alpha value is -0.300. The van der Waals surface area contributed by atoms with Crippen molar-refractivity contribution in [1.29, 1.82) is 0 Å². The number of hydrogen-bond acceptors (Lipinski definition) is 1. The predicted octanol–water partition coefficient (Wildman–Crippen LogP) is 3.37. The van der Waals surface area contributed by atoms with Crippen molar-refractivity contribution in [3.63, 3.8) is 0 Å². The van der Waals surface area contributed by atoms with Crippen LogP contribution in [0.1, 0.15) is 46.5 Å². The average molecular weight is 195 g/mol. The van der Waals surface area contributed by atoms with Crippen molar-refractivity contribution in [2.75, 3.05) is 0 Å². The highest BCUT2D eigenvalue weighted by atomic mass is 14.9.